The van der Waals surface area contributed by atoms with Gasteiger partial charge in [-0.05, 0) is 61.4 Å². The van der Waals surface area contributed by atoms with Gasteiger partial charge in [0, 0.05) is 24.8 Å². The molecule has 0 unspecified atom stereocenters. The van der Waals surface area contributed by atoms with Crippen LogP contribution in [0.5, 0.6) is 11.5 Å². The fourth-order valence-electron chi connectivity index (χ4n) is 4.38. The van der Waals surface area contributed by atoms with Crippen molar-refractivity contribution in [3.8, 4) is 22.8 Å². The van der Waals surface area contributed by atoms with E-state index in [1.54, 1.807) is 6.20 Å². The van der Waals surface area contributed by atoms with E-state index in [4.69, 9.17) is 15.6 Å². The molecule has 1 aliphatic heterocycles. The van der Waals surface area contributed by atoms with E-state index in [-0.39, 0.29) is 11.9 Å². The maximum atomic E-state index is 12.2. The third-order valence-corrected chi connectivity index (χ3v) is 5.99. The first-order valence-electron chi connectivity index (χ1n) is 11.0. The molecular formula is C26H25N5O2. The number of carbonyl (C=O) groups excluding carboxylic acids is 1. The van der Waals surface area contributed by atoms with Gasteiger partial charge in [0.1, 0.15) is 23.0 Å². The zero-order valence-electron chi connectivity index (χ0n) is 18.2. The number of likely N-dealkylation sites (tertiary alicyclic amines) is 1. The van der Waals surface area contributed by atoms with E-state index in [9.17, 15) is 4.79 Å². The van der Waals surface area contributed by atoms with Crippen molar-refractivity contribution in [2.75, 3.05) is 18.8 Å². The highest BCUT2D eigenvalue weighted by molar-refractivity contribution is 6.00. The predicted molar refractivity (Wildman–Crippen MR) is 129 cm³/mol. The Hall–Kier alpha value is -4.13. The molecule has 33 heavy (non-hydrogen) atoms. The number of para-hydroxylation sites is 1. The van der Waals surface area contributed by atoms with Crippen LogP contribution in [0.2, 0.25) is 0 Å². The molecule has 1 amide bonds. The molecule has 1 fully saturated rings. The third-order valence-electron chi connectivity index (χ3n) is 5.99. The molecule has 2 N–H and O–H groups in total. The lowest BCUT2D eigenvalue weighted by atomic mass is 10.1. The average molecular weight is 440 g/mol. The minimum absolute atomic E-state index is 0.0495. The van der Waals surface area contributed by atoms with Crippen LogP contribution in [0.15, 0.2) is 79.5 Å². The summed E-state index contributed by atoms with van der Waals surface area (Å²) in [5.74, 6) is 1.91. The van der Waals surface area contributed by atoms with Crippen LogP contribution < -0.4 is 10.5 Å². The summed E-state index contributed by atoms with van der Waals surface area (Å²) in [6, 6.07) is 19.5. The zero-order valence-corrected chi connectivity index (χ0v) is 18.2. The highest BCUT2D eigenvalue weighted by atomic mass is 16.5. The molecule has 1 saturated heterocycles. The van der Waals surface area contributed by atoms with Gasteiger partial charge in [-0.1, -0.05) is 24.8 Å². The van der Waals surface area contributed by atoms with E-state index < -0.39 is 0 Å². The number of nitrogen functional groups attached to an aromatic ring is 1. The summed E-state index contributed by atoms with van der Waals surface area (Å²) < 4.78 is 7.92. The second kappa shape index (κ2) is 8.78. The van der Waals surface area contributed by atoms with Crippen LogP contribution in [-0.4, -0.2) is 38.7 Å². The van der Waals surface area contributed by atoms with Crippen molar-refractivity contribution in [3.05, 3.63) is 79.5 Å². The van der Waals surface area contributed by atoms with Crippen LogP contribution in [0.1, 0.15) is 18.9 Å². The summed E-state index contributed by atoms with van der Waals surface area (Å²) in [5, 5.41) is 5.79. The molecule has 2 aromatic carbocycles. The molecule has 7 heteroatoms. The molecule has 4 aromatic rings. The van der Waals surface area contributed by atoms with Gasteiger partial charge in [0.15, 0.2) is 0 Å². The molecule has 166 valence electrons. The second-order valence-electron chi connectivity index (χ2n) is 8.11. The minimum atomic E-state index is -0.0495. The summed E-state index contributed by atoms with van der Waals surface area (Å²) in [6.07, 6.45) is 4.91. The maximum absolute atomic E-state index is 12.2. The summed E-state index contributed by atoms with van der Waals surface area (Å²) >= 11 is 0. The SMILES string of the molecule is C=CC(=O)N1CCC[C@@H](n2nc(-c3ccc(Oc4ccccc4)cc3)c3c(N)nccc32)C1. The number of hydrogen-bond donors (Lipinski definition) is 1. The molecule has 3 heterocycles. The van der Waals surface area contributed by atoms with Crippen LogP contribution in [-0.2, 0) is 4.79 Å². The minimum Gasteiger partial charge on any atom is -0.457 e. The average Bonchev–Trinajstić information content (AvgIpc) is 3.26. The standard InChI is InChI=1S/C26H25N5O2/c1-2-23(32)30-16-6-7-19(17-30)31-22-14-15-28-26(27)24(22)25(29-31)18-10-12-21(13-11-18)33-20-8-4-3-5-9-20/h2-5,8-15,19H,1,6-7,16-17H2,(H2,27,28)/t19-/m1/s1. The third kappa shape index (κ3) is 4.05. The number of rotatable bonds is 5. The van der Waals surface area contributed by atoms with Crippen molar-refractivity contribution >= 4 is 22.6 Å². The molecule has 7 nitrogen and oxygen atoms in total. The normalized spacial score (nSPS) is 16.0. The number of nitrogens with two attached hydrogens (primary N) is 1. The summed E-state index contributed by atoms with van der Waals surface area (Å²) in [5.41, 5.74) is 8.91. The fourth-order valence-corrected chi connectivity index (χ4v) is 4.38. The number of anilines is 1. The first-order valence-corrected chi connectivity index (χ1v) is 11.0. The Balaban J connectivity index is 1.50. The Morgan fingerprint density at radius 1 is 1.09 bits per heavy atom. The quantitative estimate of drug-likeness (QED) is 0.451. The van der Waals surface area contributed by atoms with Crippen molar-refractivity contribution < 1.29 is 9.53 Å². The topological polar surface area (TPSA) is 86.3 Å². The van der Waals surface area contributed by atoms with Crippen molar-refractivity contribution in [1.82, 2.24) is 19.7 Å². The number of benzene rings is 2. The van der Waals surface area contributed by atoms with Crippen LogP contribution >= 0.6 is 0 Å². The Morgan fingerprint density at radius 3 is 2.61 bits per heavy atom. The van der Waals surface area contributed by atoms with Gasteiger partial charge in [-0.15, -0.1) is 0 Å². The lowest BCUT2D eigenvalue weighted by molar-refractivity contribution is -0.127. The van der Waals surface area contributed by atoms with Gasteiger partial charge in [-0.2, -0.15) is 5.10 Å². The predicted octanol–water partition coefficient (Wildman–Crippen LogP) is 4.82. The van der Waals surface area contributed by atoms with Gasteiger partial charge in [-0.25, -0.2) is 4.98 Å². The molecule has 0 spiro atoms. The van der Waals surface area contributed by atoms with Crippen molar-refractivity contribution in [1.29, 1.82) is 0 Å². The monoisotopic (exact) mass is 439 g/mol. The lowest BCUT2D eigenvalue weighted by Crippen LogP contribution is -2.40. The zero-order chi connectivity index (χ0) is 22.8. The number of pyridine rings is 1. The number of aromatic nitrogens is 3. The number of piperidine rings is 1. The summed E-state index contributed by atoms with van der Waals surface area (Å²) in [7, 11) is 0. The summed E-state index contributed by atoms with van der Waals surface area (Å²) in [4.78, 5) is 18.3. The van der Waals surface area contributed by atoms with Crippen molar-refractivity contribution in [3.63, 3.8) is 0 Å². The van der Waals surface area contributed by atoms with Gasteiger partial charge in [-0.3, -0.25) is 9.48 Å². The Kier molecular flexibility index (Phi) is 5.52. The van der Waals surface area contributed by atoms with Crippen LogP contribution in [0.3, 0.4) is 0 Å². The number of nitrogens with zero attached hydrogens (tertiary/aromatic N) is 4. The molecular weight excluding hydrogens is 414 g/mol. The number of fused-ring (bicyclic) bond motifs is 1. The van der Waals surface area contributed by atoms with E-state index >= 15 is 0 Å². The summed E-state index contributed by atoms with van der Waals surface area (Å²) in [6.45, 7) is 4.95. The molecule has 0 saturated carbocycles. The molecule has 0 bridgehead atoms. The number of amides is 1. The smallest absolute Gasteiger partial charge is 0.246 e. The van der Waals surface area contributed by atoms with E-state index in [1.807, 2.05) is 70.2 Å². The molecule has 0 radical (unpaired) electrons. The largest absolute Gasteiger partial charge is 0.457 e. The number of ether oxygens (including phenoxy) is 1. The Labute approximate surface area is 192 Å². The van der Waals surface area contributed by atoms with Gasteiger partial charge < -0.3 is 15.4 Å². The number of hydrogen-bond acceptors (Lipinski definition) is 5. The maximum Gasteiger partial charge on any atom is 0.246 e. The molecule has 1 atom stereocenters. The van der Waals surface area contributed by atoms with E-state index in [0.29, 0.717) is 12.4 Å². The molecule has 2 aromatic heterocycles. The van der Waals surface area contributed by atoms with Gasteiger partial charge in [0.25, 0.3) is 0 Å². The van der Waals surface area contributed by atoms with Crippen molar-refractivity contribution in [2.45, 2.75) is 18.9 Å². The number of carbonyl (C=O) groups is 1. The Bertz CT molecular complexity index is 1300. The van der Waals surface area contributed by atoms with Crippen molar-refractivity contribution in [2.24, 2.45) is 0 Å². The molecule has 0 aliphatic carbocycles. The van der Waals surface area contributed by atoms with E-state index in [2.05, 4.69) is 11.6 Å². The Morgan fingerprint density at radius 2 is 1.85 bits per heavy atom. The lowest BCUT2D eigenvalue weighted by Gasteiger charge is -2.32. The second-order valence-corrected chi connectivity index (χ2v) is 8.11. The first-order chi connectivity index (χ1) is 16.1. The van der Waals surface area contributed by atoms with E-state index in [1.165, 1.54) is 6.08 Å². The molecule has 1 aliphatic rings. The van der Waals surface area contributed by atoms with Gasteiger partial charge >= 0.3 is 0 Å². The van der Waals surface area contributed by atoms with Crippen LogP contribution in [0, 0.1) is 0 Å². The van der Waals surface area contributed by atoms with Crippen LogP contribution in [0.25, 0.3) is 22.2 Å². The first kappa shape index (κ1) is 20.8. The van der Waals surface area contributed by atoms with Crippen LogP contribution in [0.4, 0.5) is 5.82 Å². The highest BCUT2D eigenvalue weighted by Crippen LogP contribution is 2.35. The fraction of sp³-hybridized carbons (Fsp3) is 0.192. The van der Waals surface area contributed by atoms with Gasteiger partial charge in [0.2, 0.25) is 5.91 Å². The highest BCUT2D eigenvalue weighted by Gasteiger charge is 2.27. The molecule has 5 rings (SSSR count). The van der Waals surface area contributed by atoms with E-state index in [0.717, 1.165) is 53.0 Å². The van der Waals surface area contributed by atoms with Gasteiger partial charge in [0.05, 0.1) is 16.9 Å².